The molecule has 0 radical (unpaired) electrons. The molecule has 96 valence electrons. The molecule has 0 amide bonds. The van der Waals surface area contributed by atoms with E-state index in [1.54, 1.807) is 12.7 Å². The summed E-state index contributed by atoms with van der Waals surface area (Å²) in [4.78, 5) is 18.2. The maximum Gasteiger partial charge on any atom is 0.182 e. The third-order valence-electron chi connectivity index (χ3n) is 3.60. The Morgan fingerprint density at radius 2 is 2.33 bits per heavy atom. The van der Waals surface area contributed by atoms with Crippen LogP contribution in [0.2, 0.25) is 0 Å². The van der Waals surface area contributed by atoms with Crippen molar-refractivity contribution in [2.24, 2.45) is 11.7 Å². The van der Waals surface area contributed by atoms with E-state index >= 15 is 0 Å². The number of nitrogens with zero attached hydrogens (tertiary/aromatic N) is 4. The molecule has 1 fully saturated rings. The van der Waals surface area contributed by atoms with Crippen LogP contribution >= 0.6 is 0 Å². The highest BCUT2D eigenvalue weighted by Gasteiger charge is 2.22. The van der Waals surface area contributed by atoms with Crippen LogP contribution in [0.1, 0.15) is 19.3 Å². The summed E-state index contributed by atoms with van der Waals surface area (Å²) < 4.78 is 0. The topological polar surface area (TPSA) is 83.7 Å². The number of aromatic amines is 1. The number of nitrogens with two attached hydrogens (primary N) is 1. The second-order valence-corrected chi connectivity index (χ2v) is 4.83. The van der Waals surface area contributed by atoms with Crippen molar-refractivity contribution >= 4 is 17.0 Å². The van der Waals surface area contributed by atoms with E-state index in [0.29, 0.717) is 5.92 Å². The number of imidazole rings is 1. The number of nitrogens with one attached hydrogen (secondary N) is 1. The third-order valence-corrected chi connectivity index (χ3v) is 3.60. The first kappa shape index (κ1) is 11.4. The lowest BCUT2D eigenvalue weighted by atomic mass is 9.95. The van der Waals surface area contributed by atoms with E-state index in [9.17, 15) is 0 Å². The molecular weight excluding hydrogens is 228 g/mol. The van der Waals surface area contributed by atoms with Gasteiger partial charge in [-0.2, -0.15) is 0 Å². The minimum atomic E-state index is 0.677. The summed E-state index contributed by atoms with van der Waals surface area (Å²) in [7, 11) is 0. The van der Waals surface area contributed by atoms with Gasteiger partial charge in [-0.3, -0.25) is 0 Å². The highest BCUT2D eigenvalue weighted by Crippen LogP contribution is 2.26. The number of hydrogen-bond donors (Lipinski definition) is 2. The van der Waals surface area contributed by atoms with Crippen LogP contribution in [0.25, 0.3) is 11.2 Å². The fourth-order valence-electron chi connectivity index (χ4n) is 2.72. The fourth-order valence-corrected chi connectivity index (χ4v) is 2.72. The average Bonchev–Trinajstić information content (AvgIpc) is 2.87. The highest BCUT2D eigenvalue weighted by atomic mass is 15.2. The van der Waals surface area contributed by atoms with Crippen molar-refractivity contribution < 1.29 is 0 Å². The molecule has 0 bridgehead atoms. The minimum Gasteiger partial charge on any atom is -0.354 e. The molecule has 0 aromatic carbocycles. The lowest BCUT2D eigenvalue weighted by Crippen LogP contribution is -2.36. The van der Waals surface area contributed by atoms with Crippen molar-refractivity contribution in [3.05, 3.63) is 12.7 Å². The summed E-state index contributed by atoms with van der Waals surface area (Å²) in [5.74, 6) is 1.65. The summed E-state index contributed by atoms with van der Waals surface area (Å²) in [6, 6.07) is 0. The smallest absolute Gasteiger partial charge is 0.182 e. The number of fused-ring (bicyclic) bond motifs is 1. The van der Waals surface area contributed by atoms with Gasteiger partial charge in [0.05, 0.1) is 6.33 Å². The Morgan fingerprint density at radius 3 is 3.22 bits per heavy atom. The van der Waals surface area contributed by atoms with Gasteiger partial charge < -0.3 is 15.6 Å². The van der Waals surface area contributed by atoms with E-state index in [0.717, 1.165) is 43.0 Å². The standard InChI is InChI=1S/C12H18N6/c13-4-3-9-2-1-5-18(6-9)12-10-11(15-7-14-10)16-8-17-12/h7-9H,1-6,13H2,(H,14,15,16,17). The average molecular weight is 246 g/mol. The number of piperidine rings is 1. The molecule has 2 aromatic rings. The van der Waals surface area contributed by atoms with Crippen molar-refractivity contribution in [2.75, 3.05) is 24.5 Å². The van der Waals surface area contributed by atoms with Crippen LogP contribution in [0.15, 0.2) is 12.7 Å². The number of rotatable bonds is 3. The van der Waals surface area contributed by atoms with E-state index in [2.05, 4.69) is 24.8 Å². The fraction of sp³-hybridized carbons (Fsp3) is 0.583. The second kappa shape index (κ2) is 4.89. The van der Waals surface area contributed by atoms with Gasteiger partial charge in [0.25, 0.3) is 0 Å². The van der Waals surface area contributed by atoms with Crippen LogP contribution in [0.5, 0.6) is 0 Å². The van der Waals surface area contributed by atoms with Gasteiger partial charge >= 0.3 is 0 Å². The van der Waals surface area contributed by atoms with Gasteiger partial charge in [-0.1, -0.05) is 0 Å². The minimum absolute atomic E-state index is 0.677. The molecule has 6 nitrogen and oxygen atoms in total. The Hall–Kier alpha value is -1.69. The van der Waals surface area contributed by atoms with Crippen LogP contribution in [-0.4, -0.2) is 39.6 Å². The Balaban J connectivity index is 1.87. The quantitative estimate of drug-likeness (QED) is 0.841. The van der Waals surface area contributed by atoms with Crippen LogP contribution in [0, 0.1) is 5.92 Å². The van der Waals surface area contributed by atoms with Gasteiger partial charge in [-0.05, 0) is 31.7 Å². The van der Waals surface area contributed by atoms with E-state index in [-0.39, 0.29) is 0 Å². The molecule has 3 rings (SSSR count). The van der Waals surface area contributed by atoms with E-state index < -0.39 is 0 Å². The summed E-state index contributed by atoms with van der Waals surface area (Å²) in [6.45, 7) is 2.84. The third kappa shape index (κ3) is 2.03. The summed E-state index contributed by atoms with van der Waals surface area (Å²) in [5.41, 5.74) is 7.33. The van der Waals surface area contributed by atoms with Gasteiger partial charge in [0.2, 0.25) is 0 Å². The number of anilines is 1. The van der Waals surface area contributed by atoms with Crippen LogP contribution in [-0.2, 0) is 0 Å². The first-order chi connectivity index (χ1) is 8.88. The molecule has 6 heteroatoms. The molecule has 1 aliphatic rings. The molecule has 0 saturated carbocycles. The Bertz CT molecular complexity index is 520. The maximum absolute atomic E-state index is 5.66. The zero-order chi connectivity index (χ0) is 12.4. The molecule has 3 heterocycles. The van der Waals surface area contributed by atoms with E-state index in [1.165, 1.54) is 12.8 Å². The zero-order valence-electron chi connectivity index (χ0n) is 10.3. The van der Waals surface area contributed by atoms with Gasteiger partial charge in [0.15, 0.2) is 11.5 Å². The lowest BCUT2D eigenvalue weighted by Gasteiger charge is -2.33. The lowest BCUT2D eigenvalue weighted by molar-refractivity contribution is 0.395. The van der Waals surface area contributed by atoms with Gasteiger partial charge in [-0.25, -0.2) is 15.0 Å². The summed E-state index contributed by atoms with van der Waals surface area (Å²) in [5, 5.41) is 0. The molecule has 2 aromatic heterocycles. The molecule has 18 heavy (non-hydrogen) atoms. The molecule has 0 spiro atoms. The van der Waals surface area contributed by atoms with Gasteiger partial charge in [-0.15, -0.1) is 0 Å². The Labute approximate surface area is 106 Å². The molecule has 1 atom stereocenters. The molecule has 1 unspecified atom stereocenters. The zero-order valence-corrected chi connectivity index (χ0v) is 10.3. The van der Waals surface area contributed by atoms with Crippen LogP contribution in [0.3, 0.4) is 0 Å². The largest absolute Gasteiger partial charge is 0.354 e. The van der Waals surface area contributed by atoms with E-state index in [4.69, 9.17) is 5.73 Å². The monoisotopic (exact) mass is 246 g/mol. The number of H-pyrrole nitrogens is 1. The highest BCUT2D eigenvalue weighted by molar-refractivity contribution is 5.82. The second-order valence-electron chi connectivity index (χ2n) is 4.83. The number of aromatic nitrogens is 4. The maximum atomic E-state index is 5.66. The number of hydrogen-bond acceptors (Lipinski definition) is 5. The first-order valence-corrected chi connectivity index (χ1v) is 6.47. The molecular formula is C12H18N6. The van der Waals surface area contributed by atoms with Crippen molar-refractivity contribution in [3.63, 3.8) is 0 Å². The van der Waals surface area contributed by atoms with Crippen molar-refractivity contribution in [3.8, 4) is 0 Å². The predicted molar refractivity (Wildman–Crippen MR) is 70.3 cm³/mol. The normalized spacial score (nSPS) is 20.5. The molecule has 3 N–H and O–H groups in total. The van der Waals surface area contributed by atoms with Crippen LogP contribution < -0.4 is 10.6 Å². The van der Waals surface area contributed by atoms with Crippen molar-refractivity contribution in [1.82, 2.24) is 19.9 Å². The SMILES string of the molecule is NCCC1CCCN(c2ncnc3nc[nH]c23)C1. The first-order valence-electron chi connectivity index (χ1n) is 6.47. The van der Waals surface area contributed by atoms with Gasteiger partial charge in [0.1, 0.15) is 11.8 Å². The van der Waals surface area contributed by atoms with Crippen molar-refractivity contribution in [1.29, 1.82) is 0 Å². The Morgan fingerprint density at radius 1 is 1.39 bits per heavy atom. The molecule has 1 aliphatic heterocycles. The Kier molecular flexibility index (Phi) is 3.10. The summed E-state index contributed by atoms with van der Waals surface area (Å²) in [6.07, 6.45) is 6.82. The predicted octanol–water partition coefficient (Wildman–Crippen LogP) is 0.918. The van der Waals surface area contributed by atoms with E-state index in [1.807, 2.05) is 0 Å². The van der Waals surface area contributed by atoms with Crippen molar-refractivity contribution in [2.45, 2.75) is 19.3 Å². The van der Waals surface area contributed by atoms with Crippen LogP contribution in [0.4, 0.5) is 5.82 Å². The van der Waals surface area contributed by atoms with Gasteiger partial charge in [0, 0.05) is 13.1 Å². The molecule has 0 aliphatic carbocycles. The summed E-state index contributed by atoms with van der Waals surface area (Å²) >= 11 is 0. The molecule has 1 saturated heterocycles.